The number of thiophene rings is 1. The normalized spacial score (nSPS) is 11.0. The molecular weight excluding hydrogens is 328 g/mol. The minimum absolute atomic E-state index is 0.0385. The maximum atomic E-state index is 12.6. The summed E-state index contributed by atoms with van der Waals surface area (Å²) in [5, 5.41) is 9.82. The fourth-order valence-electron chi connectivity index (χ4n) is 2.24. The third-order valence-corrected chi connectivity index (χ3v) is 4.71. The quantitative estimate of drug-likeness (QED) is 0.751. The van der Waals surface area contributed by atoms with E-state index >= 15 is 0 Å². The average Bonchev–Trinajstić information content (AvgIpc) is 2.78. The highest BCUT2D eigenvalue weighted by atomic mass is 35.5. The van der Waals surface area contributed by atoms with E-state index in [0.717, 1.165) is 15.9 Å². The van der Waals surface area contributed by atoms with Crippen molar-refractivity contribution in [3.8, 4) is 5.69 Å². The molecule has 22 heavy (non-hydrogen) atoms. The lowest BCUT2D eigenvalue weighted by Crippen LogP contribution is -2.33. The number of aryl methyl sites for hydroxylation is 1. The number of hydrogen-bond acceptors (Lipinski definition) is 4. The molecule has 0 unspecified atom stereocenters. The molecule has 6 nitrogen and oxygen atoms in total. The Balaban J connectivity index is 2.40. The molecule has 0 aliphatic heterocycles. The number of hydrogen-bond donors (Lipinski definition) is 2. The van der Waals surface area contributed by atoms with Crippen LogP contribution in [0.15, 0.2) is 33.9 Å². The van der Waals surface area contributed by atoms with Crippen LogP contribution >= 0.6 is 22.9 Å². The van der Waals surface area contributed by atoms with Crippen molar-refractivity contribution in [2.45, 2.75) is 6.92 Å². The number of aromatic nitrogens is 2. The summed E-state index contributed by atoms with van der Waals surface area (Å²) in [4.78, 5) is 38.8. The second kappa shape index (κ2) is 5.11. The number of benzene rings is 1. The topological polar surface area (TPSA) is 92.2 Å². The predicted molar refractivity (Wildman–Crippen MR) is 84.7 cm³/mol. The lowest BCUT2D eigenvalue weighted by atomic mass is 10.2. The number of aromatic amines is 1. The van der Waals surface area contributed by atoms with Crippen LogP contribution in [0.5, 0.6) is 0 Å². The van der Waals surface area contributed by atoms with Crippen molar-refractivity contribution < 1.29 is 9.90 Å². The highest BCUT2D eigenvalue weighted by molar-refractivity contribution is 7.20. The van der Waals surface area contributed by atoms with Crippen molar-refractivity contribution >= 4 is 39.1 Å². The Morgan fingerprint density at radius 2 is 1.91 bits per heavy atom. The van der Waals surface area contributed by atoms with Crippen LogP contribution in [0.4, 0.5) is 0 Å². The summed E-state index contributed by atoms with van der Waals surface area (Å²) in [5.74, 6) is -1.13. The highest BCUT2D eigenvalue weighted by Gasteiger charge is 2.20. The Bertz CT molecular complexity index is 1010. The second-order valence-corrected chi connectivity index (χ2v) is 6.07. The number of halogens is 1. The molecule has 0 radical (unpaired) electrons. The van der Waals surface area contributed by atoms with Crippen LogP contribution in [0.3, 0.4) is 0 Å². The van der Waals surface area contributed by atoms with Crippen molar-refractivity contribution in [1.29, 1.82) is 0 Å². The van der Waals surface area contributed by atoms with Gasteiger partial charge in [0.15, 0.2) is 0 Å². The molecule has 0 aliphatic rings. The van der Waals surface area contributed by atoms with Crippen LogP contribution in [0, 0.1) is 6.92 Å². The standard InChI is InChI=1S/C14H9ClN2O4S/c1-6-9-11(22-10(6)13(19)20)16-14(21)17(12(9)18)8-4-2-7(15)3-5-8/h2-5H,1H3,(H,16,21)(H,19,20). The van der Waals surface area contributed by atoms with E-state index in [-0.39, 0.29) is 15.1 Å². The van der Waals surface area contributed by atoms with Gasteiger partial charge in [-0.3, -0.25) is 9.78 Å². The van der Waals surface area contributed by atoms with Crippen LogP contribution < -0.4 is 11.2 Å². The minimum Gasteiger partial charge on any atom is -0.477 e. The SMILES string of the molecule is Cc1c(C(=O)O)sc2[nH]c(=O)n(-c3ccc(Cl)cc3)c(=O)c12. The van der Waals surface area contributed by atoms with Crippen LogP contribution in [0.25, 0.3) is 15.9 Å². The molecule has 112 valence electrons. The monoisotopic (exact) mass is 336 g/mol. The van der Waals surface area contributed by atoms with Crippen LogP contribution in [-0.4, -0.2) is 20.6 Å². The molecule has 8 heteroatoms. The van der Waals surface area contributed by atoms with E-state index in [9.17, 15) is 14.4 Å². The number of rotatable bonds is 2. The average molecular weight is 337 g/mol. The first kappa shape index (κ1) is 14.6. The van der Waals surface area contributed by atoms with Gasteiger partial charge in [0, 0.05) is 5.02 Å². The zero-order valence-corrected chi connectivity index (χ0v) is 12.8. The van der Waals surface area contributed by atoms with Gasteiger partial charge in [0.2, 0.25) is 0 Å². The lowest BCUT2D eigenvalue weighted by Gasteiger charge is -2.05. The number of H-pyrrole nitrogens is 1. The number of carboxylic acids is 1. The molecule has 2 N–H and O–H groups in total. The molecule has 0 amide bonds. The molecule has 0 saturated heterocycles. The molecule has 3 aromatic rings. The molecule has 0 bridgehead atoms. The fourth-order valence-corrected chi connectivity index (χ4v) is 3.40. The number of nitrogens with zero attached hydrogens (tertiary/aromatic N) is 1. The summed E-state index contributed by atoms with van der Waals surface area (Å²) in [6.07, 6.45) is 0. The van der Waals surface area contributed by atoms with Crippen molar-refractivity contribution in [3.63, 3.8) is 0 Å². The van der Waals surface area contributed by atoms with Crippen LogP contribution in [0.2, 0.25) is 5.02 Å². The first-order chi connectivity index (χ1) is 10.4. The molecule has 1 aromatic carbocycles. The summed E-state index contributed by atoms with van der Waals surface area (Å²) in [7, 11) is 0. The van der Waals surface area contributed by atoms with Gasteiger partial charge in [0.05, 0.1) is 11.1 Å². The van der Waals surface area contributed by atoms with Crippen LogP contribution in [0.1, 0.15) is 15.2 Å². The van der Waals surface area contributed by atoms with E-state index in [4.69, 9.17) is 16.7 Å². The summed E-state index contributed by atoms with van der Waals surface area (Å²) < 4.78 is 0.962. The summed E-state index contributed by atoms with van der Waals surface area (Å²) in [5.41, 5.74) is -0.475. The van der Waals surface area contributed by atoms with Gasteiger partial charge in [-0.2, -0.15) is 0 Å². The minimum atomic E-state index is -1.13. The summed E-state index contributed by atoms with van der Waals surface area (Å²) in [6, 6.07) is 6.22. The zero-order chi connectivity index (χ0) is 16.0. The Kier molecular flexibility index (Phi) is 3.38. The lowest BCUT2D eigenvalue weighted by molar-refractivity contribution is 0.0701. The maximum Gasteiger partial charge on any atom is 0.346 e. The predicted octanol–water partition coefficient (Wildman–Crippen LogP) is 2.40. The smallest absolute Gasteiger partial charge is 0.346 e. The Hall–Kier alpha value is -2.38. The summed E-state index contributed by atoms with van der Waals surface area (Å²) >= 11 is 6.68. The number of carbonyl (C=O) groups is 1. The Morgan fingerprint density at radius 1 is 1.27 bits per heavy atom. The van der Waals surface area contributed by atoms with Gasteiger partial charge in [0.1, 0.15) is 9.71 Å². The van der Waals surface area contributed by atoms with Gasteiger partial charge >= 0.3 is 11.7 Å². The van der Waals surface area contributed by atoms with Gasteiger partial charge in [0.25, 0.3) is 5.56 Å². The van der Waals surface area contributed by atoms with Gasteiger partial charge in [-0.05, 0) is 36.8 Å². The van der Waals surface area contributed by atoms with E-state index in [1.165, 1.54) is 0 Å². The number of nitrogens with one attached hydrogen (secondary N) is 1. The second-order valence-electron chi connectivity index (χ2n) is 4.61. The Labute approximate surface area is 132 Å². The fraction of sp³-hybridized carbons (Fsp3) is 0.0714. The van der Waals surface area contributed by atoms with Crippen molar-refractivity contribution in [2.75, 3.05) is 0 Å². The molecular formula is C14H9ClN2O4S. The van der Waals surface area contributed by atoms with E-state index in [0.29, 0.717) is 16.3 Å². The van der Waals surface area contributed by atoms with Crippen molar-refractivity contribution in [2.24, 2.45) is 0 Å². The van der Waals surface area contributed by atoms with Crippen LogP contribution in [-0.2, 0) is 0 Å². The molecule has 0 spiro atoms. The molecule has 0 aliphatic carbocycles. The molecule has 3 rings (SSSR count). The van der Waals surface area contributed by atoms with Gasteiger partial charge in [-0.1, -0.05) is 11.6 Å². The van der Waals surface area contributed by atoms with E-state index < -0.39 is 17.2 Å². The zero-order valence-electron chi connectivity index (χ0n) is 11.2. The first-order valence-corrected chi connectivity index (χ1v) is 7.37. The Morgan fingerprint density at radius 3 is 2.50 bits per heavy atom. The first-order valence-electron chi connectivity index (χ1n) is 6.18. The van der Waals surface area contributed by atoms with E-state index in [1.807, 2.05) is 0 Å². The molecule has 0 fully saturated rings. The molecule has 2 heterocycles. The van der Waals surface area contributed by atoms with E-state index in [1.54, 1.807) is 31.2 Å². The number of aromatic carboxylic acids is 1. The molecule has 0 atom stereocenters. The van der Waals surface area contributed by atoms with Crippen molar-refractivity contribution in [1.82, 2.24) is 9.55 Å². The van der Waals surface area contributed by atoms with Gasteiger partial charge < -0.3 is 5.11 Å². The highest BCUT2D eigenvalue weighted by Crippen LogP contribution is 2.26. The number of carboxylic acid groups (broad SMARTS) is 1. The maximum absolute atomic E-state index is 12.6. The van der Waals surface area contributed by atoms with Gasteiger partial charge in [-0.25, -0.2) is 14.2 Å². The van der Waals surface area contributed by atoms with Crippen molar-refractivity contribution in [3.05, 3.63) is 60.6 Å². The molecule has 0 saturated carbocycles. The van der Waals surface area contributed by atoms with Gasteiger partial charge in [-0.15, -0.1) is 11.3 Å². The third kappa shape index (κ3) is 2.15. The number of fused-ring (bicyclic) bond motifs is 1. The van der Waals surface area contributed by atoms with E-state index in [2.05, 4.69) is 4.98 Å². The molecule has 2 aromatic heterocycles. The third-order valence-electron chi connectivity index (χ3n) is 3.27. The largest absolute Gasteiger partial charge is 0.477 e. The summed E-state index contributed by atoms with van der Waals surface area (Å²) in [6.45, 7) is 1.55.